The molecule has 0 radical (unpaired) electrons. The van der Waals surface area contributed by atoms with E-state index in [2.05, 4.69) is 15.9 Å². The molecular formula is C11H11BrNO4S-. The monoisotopic (exact) mass is 332 g/mol. The molecule has 0 amide bonds. The van der Waals surface area contributed by atoms with Gasteiger partial charge < -0.3 is 9.90 Å². The third-order valence-electron chi connectivity index (χ3n) is 2.85. The predicted molar refractivity (Wildman–Crippen MR) is 66.5 cm³/mol. The Labute approximate surface area is 114 Å². The topological polar surface area (TPSA) is 77.5 Å². The smallest absolute Gasteiger partial charge is 0.244 e. The lowest BCUT2D eigenvalue weighted by Gasteiger charge is -2.17. The molecule has 18 heavy (non-hydrogen) atoms. The summed E-state index contributed by atoms with van der Waals surface area (Å²) in [5.41, 5.74) is -0.143. The Morgan fingerprint density at radius 1 is 1.28 bits per heavy atom. The van der Waals surface area contributed by atoms with Crippen LogP contribution in [0.5, 0.6) is 0 Å². The molecule has 0 aliphatic carbocycles. The second-order valence-electron chi connectivity index (χ2n) is 4.04. The fraction of sp³-hybridized carbons (Fsp3) is 0.364. The van der Waals surface area contributed by atoms with Gasteiger partial charge in [0.15, 0.2) is 0 Å². The first kappa shape index (κ1) is 13.5. The Balaban J connectivity index is 2.49. The molecule has 1 aromatic carbocycles. The molecule has 0 saturated carbocycles. The highest BCUT2D eigenvalue weighted by atomic mass is 79.9. The average molecular weight is 333 g/mol. The molecule has 7 heteroatoms. The molecular weight excluding hydrogens is 322 g/mol. The third kappa shape index (κ3) is 2.43. The molecule has 5 nitrogen and oxygen atoms in total. The highest BCUT2D eigenvalue weighted by Gasteiger charge is 2.29. The number of carbonyl (C=O) groups excluding carboxylic acids is 1. The van der Waals surface area contributed by atoms with Crippen molar-refractivity contribution in [3.05, 3.63) is 28.2 Å². The lowest BCUT2D eigenvalue weighted by Crippen LogP contribution is -2.29. The molecule has 1 fully saturated rings. The molecule has 1 aliphatic heterocycles. The molecule has 2 rings (SSSR count). The van der Waals surface area contributed by atoms with E-state index in [0.717, 1.165) is 18.9 Å². The predicted octanol–water partition coefficient (Wildman–Crippen LogP) is 0.597. The van der Waals surface area contributed by atoms with E-state index >= 15 is 0 Å². The number of carboxylic acid groups (broad SMARTS) is 1. The number of carboxylic acids is 1. The summed E-state index contributed by atoms with van der Waals surface area (Å²) in [7, 11) is -3.63. The van der Waals surface area contributed by atoms with Crippen LogP contribution in [0.3, 0.4) is 0 Å². The van der Waals surface area contributed by atoms with E-state index in [4.69, 9.17) is 0 Å². The van der Waals surface area contributed by atoms with Crippen LogP contribution >= 0.6 is 15.9 Å². The van der Waals surface area contributed by atoms with Crippen molar-refractivity contribution in [3.8, 4) is 0 Å². The zero-order chi connectivity index (χ0) is 13.3. The van der Waals surface area contributed by atoms with Crippen LogP contribution in [0.2, 0.25) is 0 Å². The fourth-order valence-corrected chi connectivity index (χ4v) is 4.36. The van der Waals surface area contributed by atoms with Gasteiger partial charge >= 0.3 is 0 Å². The van der Waals surface area contributed by atoms with Gasteiger partial charge in [0.25, 0.3) is 0 Å². The number of rotatable bonds is 3. The summed E-state index contributed by atoms with van der Waals surface area (Å²) in [5.74, 6) is -1.39. The van der Waals surface area contributed by atoms with Gasteiger partial charge in [0.1, 0.15) is 0 Å². The Morgan fingerprint density at radius 3 is 2.44 bits per heavy atom. The molecule has 98 valence electrons. The SMILES string of the molecule is O=C([O-])c1ccc(Br)c(S(=O)(=O)N2CCCC2)c1. The van der Waals surface area contributed by atoms with Gasteiger partial charge in [0.2, 0.25) is 10.0 Å². The minimum Gasteiger partial charge on any atom is -0.545 e. The van der Waals surface area contributed by atoms with Gasteiger partial charge in [-0.2, -0.15) is 4.31 Å². The molecule has 0 bridgehead atoms. The van der Waals surface area contributed by atoms with Crippen LogP contribution in [-0.4, -0.2) is 31.8 Å². The third-order valence-corrected chi connectivity index (χ3v) is 5.74. The van der Waals surface area contributed by atoms with E-state index in [-0.39, 0.29) is 10.5 Å². The number of benzene rings is 1. The first-order chi connectivity index (χ1) is 8.43. The molecule has 1 aliphatic rings. The number of aromatic carboxylic acids is 1. The summed E-state index contributed by atoms with van der Waals surface area (Å²) in [6, 6.07) is 3.85. The van der Waals surface area contributed by atoms with E-state index in [1.54, 1.807) is 0 Å². The van der Waals surface area contributed by atoms with Crippen LogP contribution in [0.25, 0.3) is 0 Å². The zero-order valence-corrected chi connectivity index (χ0v) is 11.8. The van der Waals surface area contributed by atoms with Gasteiger partial charge in [-0.05, 0) is 46.5 Å². The van der Waals surface area contributed by atoms with Gasteiger partial charge in [-0.15, -0.1) is 0 Å². The molecule has 0 unspecified atom stereocenters. The Bertz CT molecular complexity index is 579. The molecule has 0 aromatic heterocycles. The van der Waals surface area contributed by atoms with Crippen molar-refractivity contribution in [2.45, 2.75) is 17.7 Å². The van der Waals surface area contributed by atoms with E-state index in [1.165, 1.54) is 16.4 Å². The van der Waals surface area contributed by atoms with Crippen LogP contribution in [0.4, 0.5) is 0 Å². The number of hydrogen-bond acceptors (Lipinski definition) is 4. The van der Waals surface area contributed by atoms with Gasteiger partial charge in [-0.1, -0.05) is 6.07 Å². The van der Waals surface area contributed by atoms with Crippen molar-refractivity contribution >= 4 is 31.9 Å². The minimum absolute atomic E-state index is 0.0221. The first-order valence-corrected chi connectivity index (χ1v) is 7.67. The quantitative estimate of drug-likeness (QED) is 0.811. The number of carbonyl (C=O) groups is 1. The van der Waals surface area contributed by atoms with Gasteiger partial charge in [-0.3, -0.25) is 0 Å². The van der Waals surface area contributed by atoms with E-state index in [0.29, 0.717) is 17.6 Å². The van der Waals surface area contributed by atoms with Crippen molar-refractivity contribution < 1.29 is 18.3 Å². The average Bonchev–Trinajstić information content (AvgIpc) is 2.82. The first-order valence-electron chi connectivity index (χ1n) is 5.44. The largest absolute Gasteiger partial charge is 0.545 e. The Hall–Kier alpha value is -0.920. The minimum atomic E-state index is -3.63. The van der Waals surface area contributed by atoms with Crippen molar-refractivity contribution in [2.24, 2.45) is 0 Å². The summed E-state index contributed by atoms with van der Waals surface area (Å²) >= 11 is 3.14. The van der Waals surface area contributed by atoms with Crippen LogP contribution < -0.4 is 5.11 Å². The molecule has 1 heterocycles. The summed E-state index contributed by atoms with van der Waals surface area (Å²) in [6.07, 6.45) is 1.66. The lowest BCUT2D eigenvalue weighted by atomic mass is 10.2. The van der Waals surface area contributed by atoms with Crippen molar-refractivity contribution in [1.82, 2.24) is 4.31 Å². The summed E-state index contributed by atoms with van der Waals surface area (Å²) < 4.78 is 26.4. The van der Waals surface area contributed by atoms with E-state index in [9.17, 15) is 18.3 Å². The number of hydrogen-bond donors (Lipinski definition) is 0. The Morgan fingerprint density at radius 2 is 1.89 bits per heavy atom. The van der Waals surface area contributed by atoms with Gasteiger partial charge in [0, 0.05) is 17.6 Å². The summed E-state index contributed by atoms with van der Waals surface area (Å²) in [4.78, 5) is 10.8. The molecule has 1 saturated heterocycles. The second-order valence-corrected chi connectivity index (χ2v) is 6.80. The standard InChI is InChI=1S/C11H12BrNO4S/c12-9-4-3-8(11(14)15)7-10(9)18(16,17)13-5-1-2-6-13/h3-4,7H,1-2,5-6H2,(H,14,15)/p-1. The highest BCUT2D eigenvalue weighted by molar-refractivity contribution is 9.10. The van der Waals surface area contributed by atoms with E-state index < -0.39 is 16.0 Å². The maximum atomic E-state index is 12.3. The number of sulfonamides is 1. The maximum absolute atomic E-state index is 12.3. The normalized spacial score (nSPS) is 16.9. The van der Waals surface area contributed by atoms with E-state index in [1.807, 2.05) is 0 Å². The zero-order valence-electron chi connectivity index (χ0n) is 9.43. The van der Waals surface area contributed by atoms with Crippen LogP contribution in [0.1, 0.15) is 23.2 Å². The fourth-order valence-electron chi connectivity index (χ4n) is 1.90. The van der Waals surface area contributed by atoms with Crippen LogP contribution in [0.15, 0.2) is 27.6 Å². The van der Waals surface area contributed by atoms with Gasteiger partial charge in [0.05, 0.1) is 10.9 Å². The maximum Gasteiger partial charge on any atom is 0.244 e. The molecule has 0 atom stereocenters. The number of nitrogens with zero attached hydrogens (tertiary/aromatic N) is 1. The van der Waals surface area contributed by atoms with Crippen molar-refractivity contribution in [2.75, 3.05) is 13.1 Å². The Kier molecular flexibility index (Phi) is 3.74. The lowest BCUT2D eigenvalue weighted by molar-refractivity contribution is -0.255. The molecule has 0 N–H and O–H groups in total. The second kappa shape index (κ2) is 4.99. The molecule has 1 aromatic rings. The van der Waals surface area contributed by atoms with Crippen LogP contribution in [-0.2, 0) is 10.0 Å². The summed E-state index contributed by atoms with van der Waals surface area (Å²) in [5, 5.41) is 10.8. The summed E-state index contributed by atoms with van der Waals surface area (Å²) in [6.45, 7) is 0.953. The van der Waals surface area contributed by atoms with Crippen molar-refractivity contribution in [3.63, 3.8) is 0 Å². The highest BCUT2D eigenvalue weighted by Crippen LogP contribution is 2.28. The van der Waals surface area contributed by atoms with Crippen LogP contribution in [0, 0.1) is 0 Å². The van der Waals surface area contributed by atoms with Gasteiger partial charge in [-0.25, -0.2) is 8.42 Å². The van der Waals surface area contributed by atoms with Crippen molar-refractivity contribution in [1.29, 1.82) is 0 Å². The number of halogens is 1. The molecule has 0 spiro atoms.